The Morgan fingerprint density at radius 2 is 2.13 bits per heavy atom. The zero-order valence-electron chi connectivity index (χ0n) is 14.0. The lowest BCUT2D eigenvalue weighted by Crippen LogP contribution is -2.57. The molecular formula is C16H24BrN3O3. The van der Waals surface area contributed by atoms with Crippen molar-refractivity contribution in [2.24, 2.45) is 0 Å². The second-order valence-corrected chi connectivity index (χ2v) is 7.58. The van der Waals surface area contributed by atoms with Crippen LogP contribution in [0.3, 0.4) is 0 Å². The number of carbonyl (C=O) groups excluding carboxylic acids is 1. The van der Waals surface area contributed by atoms with E-state index in [1.165, 1.54) is 0 Å². The van der Waals surface area contributed by atoms with Crippen LogP contribution in [-0.4, -0.2) is 59.0 Å². The number of nitrogens with zero attached hydrogens (tertiary/aromatic N) is 3. The van der Waals surface area contributed by atoms with Gasteiger partial charge in [0.05, 0.1) is 24.5 Å². The van der Waals surface area contributed by atoms with Gasteiger partial charge >= 0.3 is 6.09 Å². The number of carbonyl (C=O) groups is 1. The zero-order valence-corrected chi connectivity index (χ0v) is 15.6. The third-order valence-electron chi connectivity index (χ3n) is 3.78. The van der Waals surface area contributed by atoms with Crippen LogP contribution in [0.4, 0.5) is 10.5 Å². The van der Waals surface area contributed by atoms with Gasteiger partial charge in [-0.15, -0.1) is 0 Å². The summed E-state index contributed by atoms with van der Waals surface area (Å²) in [7, 11) is 0. The number of pyridine rings is 1. The van der Waals surface area contributed by atoms with E-state index in [0.717, 1.165) is 15.7 Å². The number of hydrogen-bond acceptors (Lipinski definition) is 5. The van der Waals surface area contributed by atoms with Crippen LogP contribution in [0.2, 0.25) is 0 Å². The Bertz CT molecular complexity index is 574. The standard InChI is InChI=1S/C16H24BrN3O3/c1-11-13(17)7-18-8-14(11)20-6-5-19(9-12(20)10-21)15(22)23-16(2,3)4/h7-8,12,21H,5-6,9-10H2,1-4H3. The molecule has 1 aromatic heterocycles. The Hall–Kier alpha value is -1.34. The molecule has 7 heteroatoms. The molecule has 1 fully saturated rings. The van der Waals surface area contributed by atoms with E-state index in [-0.39, 0.29) is 18.7 Å². The van der Waals surface area contributed by atoms with E-state index in [2.05, 4.69) is 25.8 Å². The summed E-state index contributed by atoms with van der Waals surface area (Å²) < 4.78 is 6.35. The summed E-state index contributed by atoms with van der Waals surface area (Å²) >= 11 is 3.49. The molecule has 1 atom stereocenters. The number of hydrogen-bond donors (Lipinski definition) is 1. The monoisotopic (exact) mass is 385 g/mol. The predicted octanol–water partition coefficient (Wildman–Crippen LogP) is 2.57. The highest BCUT2D eigenvalue weighted by atomic mass is 79.9. The van der Waals surface area contributed by atoms with Gasteiger partial charge in [0.1, 0.15) is 5.60 Å². The lowest BCUT2D eigenvalue weighted by Gasteiger charge is -2.42. The smallest absolute Gasteiger partial charge is 0.410 e. The number of rotatable bonds is 2. The maximum absolute atomic E-state index is 12.2. The van der Waals surface area contributed by atoms with Gasteiger partial charge in [0.25, 0.3) is 0 Å². The van der Waals surface area contributed by atoms with Gasteiger partial charge in [-0.25, -0.2) is 4.79 Å². The first-order chi connectivity index (χ1) is 10.7. The van der Waals surface area contributed by atoms with E-state index in [9.17, 15) is 9.90 Å². The topological polar surface area (TPSA) is 65.9 Å². The minimum Gasteiger partial charge on any atom is -0.444 e. The van der Waals surface area contributed by atoms with Crippen LogP contribution in [0.5, 0.6) is 0 Å². The molecule has 1 aliphatic rings. The summed E-state index contributed by atoms with van der Waals surface area (Å²) in [6.07, 6.45) is 3.22. The Morgan fingerprint density at radius 1 is 1.43 bits per heavy atom. The van der Waals surface area contributed by atoms with Gasteiger partial charge in [-0.1, -0.05) is 0 Å². The number of halogens is 1. The summed E-state index contributed by atoms with van der Waals surface area (Å²) in [6.45, 7) is 9.13. The zero-order chi connectivity index (χ0) is 17.2. The molecule has 0 bridgehead atoms. The molecule has 1 N–H and O–H groups in total. The minimum absolute atomic E-state index is 0.0365. The molecule has 1 saturated heterocycles. The fraction of sp³-hybridized carbons (Fsp3) is 0.625. The van der Waals surface area contributed by atoms with Gasteiger partial charge in [0.15, 0.2) is 0 Å². The van der Waals surface area contributed by atoms with Gasteiger partial charge in [-0.3, -0.25) is 4.98 Å². The van der Waals surface area contributed by atoms with E-state index < -0.39 is 5.60 Å². The van der Waals surface area contributed by atoms with Crippen molar-refractivity contribution in [3.63, 3.8) is 0 Å². The maximum atomic E-state index is 12.2. The molecule has 1 amide bonds. The number of aliphatic hydroxyl groups is 1. The van der Waals surface area contributed by atoms with Crippen molar-refractivity contribution < 1.29 is 14.6 Å². The highest BCUT2D eigenvalue weighted by Gasteiger charge is 2.32. The molecule has 128 valence electrons. The molecular weight excluding hydrogens is 362 g/mol. The normalized spacial score (nSPS) is 19.0. The largest absolute Gasteiger partial charge is 0.444 e. The van der Waals surface area contributed by atoms with Crippen LogP contribution in [0.1, 0.15) is 26.3 Å². The first-order valence-electron chi connectivity index (χ1n) is 7.68. The summed E-state index contributed by atoms with van der Waals surface area (Å²) in [5.41, 5.74) is 1.53. The molecule has 1 aliphatic heterocycles. The first kappa shape index (κ1) is 18.0. The molecule has 0 aliphatic carbocycles. The van der Waals surface area contributed by atoms with Gasteiger partial charge in [-0.2, -0.15) is 0 Å². The highest BCUT2D eigenvalue weighted by Crippen LogP contribution is 2.28. The molecule has 1 unspecified atom stereocenters. The average molecular weight is 386 g/mol. The van der Waals surface area contributed by atoms with E-state index >= 15 is 0 Å². The molecule has 23 heavy (non-hydrogen) atoms. The third kappa shape index (κ3) is 4.35. The molecule has 2 heterocycles. The average Bonchev–Trinajstić information content (AvgIpc) is 2.48. The summed E-state index contributed by atoms with van der Waals surface area (Å²) in [5, 5.41) is 9.76. The summed E-state index contributed by atoms with van der Waals surface area (Å²) in [5.74, 6) is 0. The molecule has 0 radical (unpaired) electrons. The lowest BCUT2D eigenvalue weighted by molar-refractivity contribution is 0.0197. The van der Waals surface area contributed by atoms with Crippen LogP contribution < -0.4 is 4.90 Å². The molecule has 0 spiro atoms. The number of anilines is 1. The maximum Gasteiger partial charge on any atom is 0.410 e. The Morgan fingerprint density at radius 3 is 2.74 bits per heavy atom. The third-order valence-corrected chi connectivity index (χ3v) is 4.58. The van der Waals surface area contributed by atoms with E-state index in [4.69, 9.17) is 4.74 Å². The highest BCUT2D eigenvalue weighted by molar-refractivity contribution is 9.10. The molecule has 1 aromatic rings. The van der Waals surface area contributed by atoms with Crippen molar-refractivity contribution in [2.75, 3.05) is 31.1 Å². The Labute approximate surface area is 145 Å². The van der Waals surface area contributed by atoms with Gasteiger partial charge in [0, 0.05) is 30.3 Å². The summed E-state index contributed by atoms with van der Waals surface area (Å²) in [4.78, 5) is 20.2. The van der Waals surface area contributed by atoms with Crippen molar-refractivity contribution in [3.05, 3.63) is 22.4 Å². The number of amides is 1. The number of ether oxygens (including phenoxy) is 1. The van der Waals surface area contributed by atoms with Crippen molar-refractivity contribution in [3.8, 4) is 0 Å². The van der Waals surface area contributed by atoms with E-state index in [0.29, 0.717) is 19.6 Å². The van der Waals surface area contributed by atoms with E-state index in [1.807, 2.05) is 27.7 Å². The fourth-order valence-electron chi connectivity index (χ4n) is 2.60. The Kier molecular flexibility index (Phi) is 5.52. The van der Waals surface area contributed by atoms with Gasteiger partial charge in [0.2, 0.25) is 0 Å². The Balaban J connectivity index is 2.13. The van der Waals surface area contributed by atoms with Crippen LogP contribution in [0.15, 0.2) is 16.9 Å². The summed E-state index contributed by atoms with van der Waals surface area (Å²) in [6, 6.07) is -0.175. The van der Waals surface area contributed by atoms with Crippen LogP contribution in [-0.2, 0) is 4.74 Å². The second-order valence-electron chi connectivity index (χ2n) is 6.72. The van der Waals surface area contributed by atoms with Crippen molar-refractivity contribution in [1.29, 1.82) is 0 Å². The molecule has 0 saturated carbocycles. The van der Waals surface area contributed by atoms with Crippen molar-refractivity contribution in [2.45, 2.75) is 39.3 Å². The first-order valence-corrected chi connectivity index (χ1v) is 8.47. The fourth-order valence-corrected chi connectivity index (χ4v) is 2.92. The number of aromatic nitrogens is 1. The van der Waals surface area contributed by atoms with Crippen LogP contribution in [0.25, 0.3) is 0 Å². The SMILES string of the molecule is Cc1c(Br)cncc1N1CCN(C(=O)OC(C)(C)C)CC1CO. The van der Waals surface area contributed by atoms with Crippen LogP contribution >= 0.6 is 15.9 Å². The minimum atomic E-state index is -0.520. The van der Waals surface area contributed by atoms with Crippen molar-refractivity contribution >= 4 is 27.7 Å². The molecule has 0 aromatic carbocycles. The number of piperazine rings is 1. The van der Waals surface area contributed by atoms with Gasteiger partial charge < -0.3 is 19.6 Å². The van der Waals surface area contributed by atoms with Crippen LogP contribution in [0, 0.1) is 6.92 Å². The quantitative estimate of drug-likeness (QED) is 0.847. The predicted molar refractivity (Wildman–Crippen MR) is 92.7 cm³/mol. The molecule has 6 nitrogen and oxygen atoms in total. The lowest BCUT2D eigenvalue weighted by atomic mass is 10.1. The van der Waals surface area contributed by atoms with E-state index in [1.54, 1.807) is 17.3 Å². The molecule has 2 rings (SSSR count). The number of aliphatic hydroxyl groups excluding tert-OH is 1. The second kappa shape index (κ2) is 7.05. The van der Waals surface area contributed by atoms with Gasteiger partial charge in [-0.05, 0) is 49.2 Å². The van der Waals surface area contributed by atoms with Crippen molar-refractivity contribution in [1.82, 2.24) is 9.88 Å².